The van der Waals surface area contributed by atoms with Gasteiger partial charge in [0.15, 0.2) is 0 Å². The van der Waals surface area contributed by atoms with Crippen molar-refractivity contribution in [3.8, 4) is 0 Å². The highest BCUT2D eigenvalue weighted by Crippen LogP contribution is 2.34. The molecule has 2 aromatic rings. The predicted octanol–water partition coefficient (Wildman–Crippen LogP) is 5.16. The number of hydrogen-bond donors (Lipinski definition) is 1. The van der Waals surface area contributed by atoms with Crippen molar-refractivity contribution in [1.29, 1.82) is 0 Å². The SMILES string of the molecule is C=NC1=C(/C=C(\C)C(=O)NCc2ccncc2)CN(Cc2ccc(C(F)(F)F)cc2)[C@H]1C(C)C. The molecule has 34 heavy (non-hydrogen) atoms. The smallest absolute Gasteiger partial charge is 0.348 e. The molecule has 8 heteroatoms. The van der Waals surface area contributed by atoms with Gasteiger partial charge in [-0.15, -0.1) is 0 Å². The number of alkyl halides is 3. The number of benzene rings is 1. The van der Waals surface area contributed by atoms with Crippen molar-refractivity contribution < 1.29 is 18.0 Å². The summed E-state index contributed by atoms with van der Waals surface area (Å²) in [6, 6.07) is 8.84. The number of carbonyl (C=O) groups excluding carboxylic acids is 1. The first-order chi connectivity index (χ1) is 16.1. The molecule has 0 bridgehead atoms. The van der Waals surface area contributed by atoms with Gasteiger partial charge in [0.2, 0.25) is 5.91 Å². The molecule has 0 aliphatic carbocycles. The molecule has 1 aromatic carbocycles. The molecule has 1 aliphatic rings. The highest BCUT2D eigenvalue weighted by Gasteiger charge is 2.34. The van der Waals surface area contributed by atoms with E-state index in [1.54, 1.807) is 19.3 Å². The second-order valence-corrected chi connectivity index (χ2v) is 8.72. The van der Waals surface area contributed by atoms with E-state index in [2.05, 4.69) is 40.8 Å². The topological polar surface area (TPSA) is 57.6 Å². The molecule has 1 aliphatic heterocycles. The Morgan fingerprint density at radius 1 is 1.21 bits per heavy atom. The number of nitrogens with one attached hydrogen (secondary N) is 1. The monoisotopic (exact) mass is 470 g/mol. The first kappa shape index (κ1) is 25.4. The van der Waals surface area contributed by atoms with Crippen LogP contribution in [0.3, 0.4) is 0 Å². The molecule has 1 amide bonds. The molecule has 0 radical (unpaired) electrons. The van der Waals surface area contributed by atoms with E-state index < -0.39 is 11.7 Å². The molecule has 5 nitrogen and oxygen atoms in total. The number of aliphatic imine (C=N–C) groups is 1. The summed E-state index contributed by atoms with van der Waals surface area (Å²) in [5.41, 5.74) is 3.29. The molecule has 1 atom stereocenters. The van der Waals surface area contributed by atoms with Crippen LogP contribution in [0.1, 0.15) is 37.5 Å². The van der Waals surface area contributed by atoms with Crippen LogP contribution in [0.2, 0.25) is 0 Å². The maximum atomic E-state index is 12.9. The highest BCUT2D eigenvalue weighted by atomic mass is 19.4. The Hall–Kier alpha value is -3.26. The second kappa shape index (κ2) is 10.8. The third-order valence-electron chi connectivity index (χ3n) is 5.80. The Morgan fingerprint density at radius 3 is 2.41 bits per heavy atom. The quantitative estimate of drug-likeness (QED) is 0.428. The van der Waals surface area contributed by atoms with E-state index in [1.807, 2.05) is 18.2 Å². The first-order valence-corrected chi connectivity index (χ1v) is 11.1. The lowest BCUT2D eigenvalue weighted by molar-refractivity contribution is -0.137. The minimum Gasteiger partial charge on any atom is -0.348 e. The lowest BCUT2D eigenvalue weighted by Crippen LogP contribution is -2.35. The van der Waals surface area contributed by atoms with Crippen molar-refractivity contribution in [3.63, 3.8) is 0 Å². The van der Waals surface area contributed by atoms with Crippen LogP contribution in [0.5, 0.6) is 0 Å². The number of hydrogen-bond acceptors (Lipinski definition) is 4. The number of rotatable bonds is 8. The summed E-state index contributed by atoms with van der Waals surface area (Å²) >= 11 is 0. The van der Waals surface area contributed by atoms with Gasteiger partial charge in [-0.1, -0.05) is 26.0 Å². The molecule has 180 valence electrons. The lowest BCUT2D eigenvalue weighted by Gasteiger charge is -2.28. The van der Waals surface area contributed by atoms with Gasteiger partial charge in [0, 0.05) is 37.6 Å². The summed E-state index contributed by atoms with van der Waals surface area (Å²) in [6.07, 6.45) is 0.815. The van der Waals surface area contributed by atoms with Crippen LogP contribution in [-0.4, -0.2) is 35.1 Å². The molecular formula is C26H29F3N4O. The first-order valence-electron chi connectivity index (χ1n) is 11.1. The van der Waals surface area contributed by atoms with Crippen molar-refractivity contribution in [2.75, 3.05) is 6.54 Å². The second-order valence-electron chi connectivity index (χ2n) is 8.72. The number of pyridine rings is 1. The maximum Gasteiger partial charge on any atom is 0.416 e. The van der Waals surface area contributed by atoms with Gasteiger partial charge in [0.05, 0.1) is 17.3 Å². The molecule has 1 aromatic heterocycles. The number of nitrogens with zero attached hydrogens (tertiary/aromatic N) is 3. The minimum atomic E-state index is -4.36. The van der Waals surface area contributed by atoms with Crippen molar-refractivity contribution in [1.82, 2.24) is 15.2 Å². The third kappa shape index (κ3) is 6.20. The Morgan fingerprint density at radius 2 is 1.85 bits per heavy atom. The van der Waals surface area contributed by atoms with Crippen LogP contribution in [0, 0.1) is 5.92 Å². The summed E-state index contributed by atoms with van der Waals surface area (Å²) < 4.78 is 38.7. The zero-order valence-corrected chi connectivity index (χ0v) is 19.6. The summed E-state index contributed by atoms with van der Waals surface area (Å²) in [7, 11) is 0. The van der Waals surface area contributed by atoms with E-state index in [0.717, 1.165) is 34.5 Å². The van der Waals surface area contributed by atoms with Crippen LogP contribution in [0.15, 0.2) is 76.7 Å². The normalized spacial score (nSPS) is 17.4. The summed E-state index contributed by atoms with van der Waals surface area (Å²) in [5.74, 6) is 0.0108. The van der Waals surface area contributed by atoms with E-state index in [9.17, 15) is 18.0 Å². The Kier molecular flexibility index (Phi) is 8.04. The fourth-order valence-corrected chi connectivity index (χ4v) is 4.15. The van der Waals surface area contributed by atoms with Gasteiger partial charge in [-0.3, -0.25) is 19.7 Å². The highest BCUT2D eigenvalue weighted by molar-refractivity contribution is 5.93. The van der Waals surface area contributed by atoms with E-state index in [4.69, 9.17) is 0 Å². The van der Waals surface area contributed by atoms with Gasteiger partial charge in [-0.2, -0.15) is 13.2 Å². The molecular weight excluding hydrogens is 441 g/mol. The molecule has 0 saturated carbocycles. The fourth-order valence-electron chi connectivity index (χ4n) is 4.15. The van der Waals surface area contributed by atoms with Crippen molar-refractivity contribution in [2.45, 2.75) is 46.1 Å². The Bertz CT molecular complexity index is 1070. The van der Waals surface area contributed by atoms with Gasteiger partial charge >= 0.3 is 6.18 Å². The maximum absolute atomic E-state index is 12.9. The number of aromatic nitrogens is 1. The Balaban J connectivity index is 1.75. The van der Waals surface area contributed by atoms with Crippen LogP contribution in [-0.2, 0) is 24.1 Å². The van der Waals surface area contributed by atoms with Gasteiger partial charge in [-0.25, -0.2) is 0 Å². The number of halogens is 3. The zero-order valence-electron chi connectivity index (χ0n) is 19.6. The molecule has 0 saturated heterocycles. The molecule has 2 heterocycles. The van der Waals surface area contributed by atoms with Gasteiger partial charge in [-0.05, 0) is 66.6 Å². The van der Waals surface area contributed by atoms with Gasteiger partial charge in [0.25, 0.3) is 0 Å². The average Bonchev–Trinajstić information content (AvgIpc) is 3.14. The summed E-state index contributed by atoms with van der Waals surface area (Å²) in [4.78, 5) is 23.0. The van der Waals surface area contributed by atoms with Gasteiger partial charge < -0.3 is 5.32 Å². The van der Waals surface area contributed by atoms with Crippen LogP contribution in [0.4, 0.5) is 13.2 Å². The standard InChI is InChI=1S/C26H29F3N4O/c1-17(2)24-23(30-4)21(13-18(3)25(34)32-14-19-9-11-31-12-10-19)16-33(24)15-20-5-7-22(8-6-20)26(27,28)29/h5-13,17,24H,4,14-16H2,1-3H3,(H,32,34)/b18-13+/t24-/m0/s1. The van der Waals surface area contributed by atoms with E-state index >= 15 is 0 Å². The predicted molar refractivity (Wildman–Crippen MR) is 127 cm³/mol. The molecule has 0 fully saturated rings. The third-order valence-corrected chi connectivity index (χ3v) is 5.80. The van der Waals surface area contributed by atoms with Crippen LogP contribution < -0.4 is 5.32 Å². The van der Waals surface area contributed by atoms with Crippen molar-refractivity contribution in [2.24, 2.45) is 10.9 Å². The zero-order chi connectivity index (χ0) is 24.9. The molecule has 1 N–H and O–H groups in total. The number of carbonyl (C=O) groups is 1. The van der Waals surface area contributed by atoms with Crippen molar-refractivity contribution >= 4 is 12.6 Å². The average molecular weight is 471 g/mol. The Labute approximate surface area is 198 Å². The van der Waals surface area contributed by atoms with E-state index in [-0.39, 0.29) is 17.9 Å². The molecule has 0 unspecified atom stereocenters. The van der Waals surface area contributed by atoms with E-state index in [0.29, 0.717) is 25.2 Å². The lowest BCUT2D eigenvalue weighted by atomic mass is 9.99. The van der Waals surface area contributed by atoms with E-state index in [1.165, 1.54) is 12.1 Å². The van der Waals surface area contributed by atoms with Crippen LogP contribution >= 0.6 is 0 Å². The largest absolute Gasteiger partial charge is 0.416 e. The minimum absolute atomic E-state index is 0.0567. The van der Waals surface area contributed by atoms with Crippen molar-refractivity contribution in [3.05, 3.63) is 88.4 Å². The summed E-state index contributed by atoms with van der Waals surface area (Å²) in [6.45, 7) is 11.0. The summed E-state index contributed by atoms with van der Waals surface area (Å²) in [5, 5.41) is 2.90. The van der Waals surface area contributed by atoms with Gasteiger partial charge in [0.1, 0.15) is 0 Å². The van der Waals surface area contributed by atoms with Crippen LogP contribution in [0.25, 0.3) is 0 Å². The number of amides is 1. The fraction of sp³-hybridized carbons (Fsp3) is 0.346. The molecule has 3 rings (SSSR count). The molecule has 0 spiro atoms.